The summed E-state index contributed by atoms with van der Waals surface area (Å²) < 4.78 is 14.0. The molecule has 0 spiro atoms. The van der Waals surface area contributed by atoms with Crippen LogP contribution >= 0.6 is 11.3 Å². The highest BCUT2D eigenvalue weighted by Crippen LogP contribution is 2.26. The monoisotopic (exact) mass is 348 g/mol. The first kappa shape index (κ1) is 17.0. The van der Waals surface area contributed by atoms with Crippen LogP contribution in [-0.4, -0.2) is 24.0 Å². The van der Waals surface area contributed by atoms with Crippen molar-refractivity contribution in [1.29, 1.82) is 0 Å². The predicted molar refractivity (Wildman–Crippen MR) is 91.8 cm³/mol. The van der Waals surface area contributed by atoms with Gasteiger partial charge >= 0.3 is 0 Å². The standard InChI is InChI=1S/C17H21FN4OS/c18-14-6-2-1-5-12(14)16-13(11-21-22-16)17(23)20-8-4-3-7-15-19-9-10-24-15/h1-2,5-6,9-10,13,16,21-22H,3-4,7-8,11H2,(H,20,23). The number of aromatic nitrogens is 1. The molecule has 0 bridgehead atoms. The van der Waals surface area contributed by atoms with Crippen LogP contribution in [0.15, 0.2) is 35.8 Å². The van der Waals surface area contributed by atoms with E-state index in [0.29, 0.717) is 18.7 Å². The lowest BCUT2D eigenvalue weighted by Gasteiger charge is -2.19. The molecule has 2 heterocycles. The van der Waals surface area contributed by atoms with Gasteiger partial charge < -0.3 is 5.32 Å². The number of nitrogens with one attached hydrogen (secondary N) is 3. The lowest BCUT2D eigenvalue weighted by molar-refractivity contribution is -0.124. The number of benzene rings is 1. The fourth-order valence-corrected chi connectivity index (χ4v) is 3.55. The van der Waals surface area contributed by atoms with E-state index >= 15 is 0 Å². The number of hydrazine groups is 1. The van der Waals surface area contributed by atoms with Crippen LogP contribution in [0.1, 0.15) is 29.5 Å². The Hall–Kier alpha value is -1.83. The molecule has 24 heavy (non-hydrogen) atoms. The number of hydrogen-bond acceptors (Lipinski definition) is 5. The highest BCUT2D eigenvalue weighted by molar-refractivity contribution is 7.09. The molecule has 2 atom stereocenters. The fraction of sp³-hybridized carbons (Fsp3) is 0.412. The third kappa shape index (κ3) is 4.17. The summed E-state index contributed by atoms with van der Waals surface area (Å²) in [6, 6.07) is 6.23. The first-order valence-electron chi connectivity index (χ1n) is 8.14. The van der Waals surface area contributed by atoms with Crippen LogP contribution in [0.2, 0.25) is 0 Å². The molecule has 3 N–H and O–H groups in total. The summed E-state index contributed by atoms with van der Waals surface area (Å²) in [5.41, 5.74) is 6.49. The van der Waals surface area contributed by atoms with Crippen molar-refractivity contribution in [3.05, 3.63) is 52.2 Å². The van der Waals surface area contributed by atoms with E-state index < -0.39 is 0 Å². The molecule has 2 aromatic rings. The second kappa shape index (κ2) is 8.32. The van der Waals surface area contributed by atoms with Crippen molar-refractivity contribution in [2.45, 2.75) is 25.3 Å². The second-order valence-electron chi connectivity index (χ2n) is 5.80. The minimum atomic E-state index is -0.346. The zero-order valence-electron chi connectivity index (χ0n) is 13.3. The van der Waals surface area contributed by atoms with Gasteiger partial charge in [0.2, 0.25) is 5.91 Å². The molecule has 1 aliphatic heterocycles. The Kier molecular flexibility index (Phi) is 5.90. The highest BCUT2D eigenvalue weighted by Gasteiger charge is 2.35. The number of thiazole rings is 1. The molecule has 5 nitrogen and oxygen atoms in total. The summed E-state index contributed by atoms with van der Waals surface area (Å²) in [4.78, 5) is 16.7. The Bertz CT molecular complexity index is 664. The van der Waals surface area contributed by atoms with Crippen LogP contribution in [-0.2, 0) is 11.2 Å². The first-order chi connectivity index (χ1) is 11.8. The minimum absolute atomic E-state index is 0.0463. The molecule has 7 heteroatoms. The number of carbonyl (C=O) groups excluding carboxylic acids is 1. The number of amides is 1. The van der Waals surface area contributed by atoms with Gasteiger partial charge in [0, 0.05) is 30.2 Å². The van der Waals surface area contributed by atoms with E-state index in [1.807, 2.05) is 11.6 Å². The SMILES string of the molecule is O=C(NCCCCc1nccs1)C1CNNC1c1ccccc1F. The predicted octanol–water partition coefficient (Wildman–Crippen LogP) is 2.19. The number of rotatable bonds is 7. The lowest BCUT2D eigenvalue weighted by atomic mass is 9.94. The largest absolute Gasteiger partial charge is 0.356 e. The van der Waals surface area contributed by atoms with Crippen molar-refractivity contribution in [2.75, 3.05) is 13.1 Å². The van der Waals surface area contributed by atoms with Crippen molar-refractivity contribution >= 4 is 17.2 Å². The van der Waals surface area contributed by atoms with Gasteiger partial charge in [-0.3, -0.25) is 10.2 Å². The number of unbranched alkanes of at least 4 members (excludes halogenated alkanes) is 1. The maximum atomic E-state index is 14.0. The number of nitrogens with zero attached hydrogens (tertiary/aromatic N) is 1. The van der Waals surface area contributed by atoms with Crippen LogP contribution in [0.25, 0.3) is 0 Å². The molecular weight excluding hydrogens is 327 g/mol. The van der Waals surface area contributed by atoms with E-state index in [1.165, 1.54) is 6.07 Å². The normalized spacial score (nSPS) is 20.2. The van der Waals surface area contributed by atoms with Gasteiger partial charge in [-0.1, -0.05) is 18.2 Å². The molecule has 0 saturated carbocycles. The molecule has 1 amide bonds. The van der Waals surface area contributed by atoms with E-state index in [-0.39, 0.29) is 23.7 Å². The molecule has 2 unspecified atom stereocenters. The average Bonchev–Trinajstić information content (AvgIpc) is 3.26. The van der Waals surface area contributed by atoms with Crippen LogP contribution in [0.5, 0.6) is 0 Å². The van der Waals surface area contributed by atoms with E-state index in [4.69, 9.17) is 0 Å². The van der Waals surface area contributed by atoms with Gasteiger partial charge in [0.15, 0.2) is 0 Å². The van der Waals surface area contributed by atoms with Crippen LogP contribution in [0.4, 0.5) is 4.39 Å². The quantitative estimate of drug-likeness (QED) is 0.671. The summed E-state index contributed by atoms with van der Waals surface area (Å²) in [6.07, 6.45) is 4.65. The van der Waals surface area contributed by atoms with Gasteiger partial charge in [-0.2, -0.15) is 0 Å². The van der Waals surface area contributed by atoms with Gasteiger partial charge in [0.05, 0.1) is 17.0 Å². The molecule has 1 aromatic heterocycles. The maximum absolute atomic E-state index is 14.0. The summed E-state index contributed by atoms with van der Waals surface area (Å²) in [7, 11) is 0. The van der Waals surface area contributed by atoms with Gasteiger partial charge in [0.1, 0.15) is 5.82 Å². The van der Waals surface area contributed by atoms with Crippen molar-refractivity contribution in [2.24, 2.45) is 5.92 Å². The van der Waals surface area contributed by atoms with Crippen molar-refractivity contribution in [3.8, 4) is 0 Å². The highest BCUT2D eigenvalue weighted by atomic mass is 32.1. The fourth-order valence-electron chi connectivity index (χ4n) is 2.88. The van der Waals surface area contributed by atoms with E-state index in [1.54, 1.807) is 29.5 Å². The van der Waals surface area contributed by atoms with Crippen molar-refractivity contribution < 1.29 is 9.18 Å². The third-order valence-corrected chi connectivity index (χ3v) is 5.00. The van der Waals surface area contributed by atoms with Crippen molar-refractivity contribution in [3.63, 3.8) is 0 Å². The van der Waals surface area contributed by atoms with Crippen molar-refractivity contribution in [1.82, 2.24) is 21.2 Å². The maximum Gasteiger partial charge on any atom is 0.226 e. The Morgan fingerprint density at radius 1 is 1.38 bits per heavy atom. The van der Waals surface area contributed by atoms with Crippen LogP contribution in [0.3, 0.4) is 0 Å². The Balaban J connectivity index is 1.46. The van der Waals surface area contributed by atoms with Gasteiger partial charge in [0.25, 0.3) is 0 Å². The molecule has 3 rings (SSSR count). The Morgan fingerprint density at radius 3 is 3.04 bits per heavy atom. The lowest BCUT2D eigenvalue weighted by Crippen LogP contribution is -2.35. The molecule has 0 radical (unpaired) electrons. The zero-order chi connectivity index (χ0) is 16.8. The van der Waals surface area contributed by atoms with Crippen LogP contribution in [0, 0.1) is 11.7 Å². The van der Waals surface area contributed by atoms with Gasteiger partial charge in [-0.15, -0.1) is 11.3 Å². The Labute approximate surface area is 144 Å². The summed E-state index contributed by atoms with van der Waals surface area (Å²) in [5.74, 6) is -0.657. The molecule has 1 aliphatic rings. The molecule has 1 saturated heterocycles. The summed E-state index contributed by atoms with van der Waals surface area (Å²) in [5, 5.41) is 6.07. The number of halogens is 1. The number of aryl methyl sites for hydroxylation is 1. The molecule has 1 fully saturated rings. The van der Waals surface area contributed by atoms with Gasteiger partial charge in [-0.25, -0.2) is 14.8 Å². The minimum Gasteiger partial charge on any atom is -0.356 e. The molecule has 128 valence electrons. The topological polar surface area (TPSA) is 66.0 Å². The van der Waals surface area contributed by atoms with E-state index in [0.717, 1.165) is 24.3 Å². The molecule has 0 aliphatic carbocycles. The number of carbonyl (C=O) groups is 1. The molecule has 1 aromatic carbocycles. The summed E-state index contributed by atoms with van der Waals surface area (Å²) >= 11 is 1.66. The molecular formula is C17H21FN4OS. The first-order valence-corrected chi connectivity index (χ1v) is 9.02. The second-order valence-corrected chi connectivity index (χ2v) is 6.78. The van der Waals surface area contributed by atoms with Crippen LogP contribution < -0.4 is 16.2 Å². The average molecular weight is 348 g/mol. The zero-order valence-corrected chi connectivity index (χ0v) is 14.1. The third-order valence-electron chi connectivity index (χ3n) is 4.16. The van der Waals surface area contributed by atoms with Gasteiger partial charge in [-0.05, 0) is 25.3 Å². The van der Waals surface area contributed by atoms with E-state index in [9.17, 15) is 9.18 Å². The number of hydrogen-bond donors (Lipinski definition) is 3. The summed E-state index contributed by atoms with van der Waals surface area (Å²) in [6.45, 7) is 1.12. The smallest absolute Gasteiger partial charge is 0.226 e. The van der Waals surface area contributed by atoms with E-state index in [2.05, 4.69) is 21.2 Å². The Morgan fingerprint density at radius 2 is 2.25 bits per heavy atom.